The Morgan fingerprint density at radius 2 is 2.05 bits per heavy atom. The maximum atomic E-state index is 9.15. The van der Waals surface area contributed by atoms with E-state index in [9.17, 15) is 0 Å². The average molecular weight is 268 g/mol. The summed E-state index contributed by atoms with van der Waals surface area (Å²) in [5, 5.41) is 17.1. The average Bonchev–Trinajstić information content (AvgIpc) is 2.73. The first-order valence-electron chi connectivity index (χ1n) is 6.88. The van der Waals surface area contributed by atoms with Gasteiger partial charge in [0.2, 0.25) is 0 Å². The summed E-state index contributed by atoms with van der Waals surface area (Å²) in [6.07, 6.45) is 0. The number of hydrogen-bond donors (Lipinski definition) is 1. The van der Waals surface area contributed by atoms with Gasteiger partial charge in [0.25, 0.3) is 0 Å². The van der Waals surface area contributed by atoms with Gasteiger partial charge >= 0.3 is 0 Å². The highest BCUT2D eigenvalue weighted by molar-refractivity contribution is 5.58. The molecule has 0 aliphatic rings. The Hall–Kier alpha value is -2.28. The quantitative estimate of drug-likeness (QED) is 0.922. The zero-order valence-corrected chi connectivity index (χ0v) is 12.4. The molecular formula is C16H20N4. The third-order valence-electron chi connectivity index (χ3n) is 3.59. The molecule has 2 aromatic rings. The second kappa shape index (κ2) is 5.79. The van der Waals surface area contributed by atoms with Gasteiger partial charge in [-0.1, -0.05) is 12.1 Å². The number of nitriles is 1. The predicted molar refractivity (Wildman–Crippen MR) is 80.6 cm³/mol. The topological polar surface area (TPSA) is 53.6 Å². The number of hydrogen-bond acceptors (Lipinski definition) is 3. The first-order valence-corrected chi connectivity index (χ1v) is 6.88. The summed E-state index contributed by atoms with van der Waals surface area (Å²) >= 11 is 0. The Morgan fingerprint density at radius 1 is 1.35 bits per heavy atom. The highest BCUT2D eigenvalue weighted by atomic mass is 15.3. The molecule has 1 unspecified atom stereocenters. The van der Waals surface area contributed by atoms with Crippen LogP contribution in [-0.4, -0.2) is 9.78 Å². The molecular weight excluding hydrogens is 248 g/mol. The normalized spacial score (nSPS) is 11.9. The maximum Gasteiger partial charge on any atom is 0.101 e. The number of aromatic nitrogens is 2. The van der Waals surface area contributed by atoms with Crippen LogP contribution in [0.4, 0.5) is 5.69 Å². The lowest BCUT2D eigenvalue weighted by Crippen LogP contribution is -2.10. The van der Waals surface area contributed by atoms with Crippen molar-refractivity contribution in [2.24, 2.45) is 0 Å². The number of rotatable bonds is 4. The fourth-order valence-electron chi connectivity index (χ4n) is 2.66. The maximum absolute atomic E-state index is 9.15. The molecule has 2 rings (SSSR count). The second-order valence-corrected chi connectivity index (χ2v) is 4.92. The van der Waals surface area contributed by atoms with Crippen molar-refractivity contribution in [3.63, 3.8) is 0 Å². The molecule has 1 heterocycles. The van der Waals surface area contributed by atoms with E-state index in [-0.39, 0.29) is 6.04 Å². The summed E-state index contributed by atoms with van der Waals surface area (Å²) in [6, 6.07) is 9.90. The third kappa shape index (κ3) is 2.53. The van der Waals surface area contributed by atoms with Gasteiger partial charge in [-0.05, 0) is 39.8 Å². The van der Waals surface area contributed by atoms with Gasteiger partial charge in [0.05, 0.1) is 23.0 Å². The number of nitrogens with one attached hydrogen (secondary N) is 1. The Labute approximate surface area is 120 Å². The fraction of sp³-hybridized carbons (Fsp3) is 0.375. The van der Waals surface area contributed by atoms with Gasteiger partial charge in [-0.15, -0.1) is 0 Å². The van der Waals surface area contributed by atoms with Crippen LogP contribution in [0, 0.1) is 25.2 Å². The molecule has 0 saturated heterocycles. The van der Waals surface area contributed by atoms with E-state index in [1.54, 1.807) is 0 Å². The first-order chi connectivity index (χ1) is 9.58. The minimum Gasteiger partial charge on any atom is -0.377 e. The van der Waals surface area contributed by atoms with Crippen LogP contribution in [0.25, 0.3) is 0 Å². The van der Waals surface area contributed by atoms with Gasteiger partial charge in [0.15, 0.2) is 0 Å². The van der Waals surface area contributed by atoms with Gasteiger partial charge in [-0.25, -0.2) is 0 Å². The highest BCUT2D eigenvalue weighted by Gasteiger charge is 2.17. The zero-order chi connectivity index (χ0) is 14.7. The zero-order valence-electron chi connectivity index (χ0n) is 12.4. The lowest BCUT2D eigenvalue weighted by Gasteiger charge is -2.17. The molecule has 1 atom stereocenters. The van der Waals surface area contributed by atoms with E-state index in [0.717, 1.165) is 17.9 Å². The SMILES string of the molecule is CCn1nc(C)c(C(C)Nc2ccccc2C#N)c1C. The Bertz CT molecular complexity index is 649. The van der Waals surface area contributed by atoms with Crippen LogP contribution in [0.3, 0.4) is 0 Å². The molecule has 0 bridgehead atoms. The molecule has 0 saturated carbocycles. The van der Waals surface area contributed by atoms with Crippen LogP contribution in [-0.2, 0) is 6.54 Å². The molecule has 0 aliphatic heterocycles. The van der Waals surface area contributed by atoms with Crippen molar-refractivity contribution in [2.75, 3.05) is 5.32 Å². The predicted octanol–water partition coefficient (Wildman–Crippen LogP) is 3.56. The molecule has 0 amide bonds. The lowest BCUT2D eigenvalue weighted by molar-refractivity contribution is 0.632. The van der Waals surface area contributed by atoms with Crippen molar-refractivity contribution in [3.05, 3.63) is 46.8 Å². The summed E-state index contributed by atoms with van der Waals surface area (Å²) in [5.41, 5.74) is 4.96. The minimum absolute atomic E-state index is 0.116. The van der Waals surface area contributed by atoms with Gasteiger partial charge in [0, 0.05) is 17.8 Å². The first kappa shape index (κ1) is 14.1. The molecule has 0 aliphatic carbocycles. The number of anilines is 1. The molecule has 1 aromatic heterocycles. The third-order valence-corrected chi connectivity index (χ3v) is 3.59. The van der Waals surface area contributed by atoms with E-state index in [1.807, 2.05) is 35.9 Å². The molecule has 0 radical (unpaired) electrons. The largest absolute Gasteiger partial charge is 0.377 e. The highest BCUT2D eigenvalue weighted by Crippen LogP contribution is 2.26. The minimum atomic E-state index is 0.116. The summed E-state index contributed by atoms with van der Waals surface area (Å²) in [6.45, 7) is 9.18. The molecule has 1 aromatic carbocycles. The van der Waals surface area contributed by atoms with Gasteiger partial charge in [-0.3, -0.25) is 4.68 Å². The monoisotopic (exact) mass is 268 g/mol. The van der Waals surface area contributed by atoms with Crippen molar-refractivity contribution >= 4 is 5.69 Å². The van der Waals surface area contributed by atoms with E-state index in [2.05, 4.69) is 37.3 Å². The van der Waals surface area contributed by atoms with Crippen molar-refractivity contribution in [1.82, 2.24) is 9.78 Å². The summed E-state index contributed by atoms with van der Waals surface area (Å²) in [7, 11) is 0. The van der Waals surface area contributed by atoms with Crippen LogP contribution in [0.5, 0.6) is 0 Å². The van der Waals surface area contributed by atoms with Crippen LogP contribution in [0.1, 0.15) is 42.4 Å². The van der Waals surface area contributed by atoms with Crippen molar-refractivity contribution in [3.8, 4) is 6.07 Å². The standard InChI is InChI=1S/C16H20N4/c1-5-20-13(4)16(12(3)19-20)11(2)18-15-9-7-6-8-14(15)10-17/h6-9,11,18H,5H2,1-4H3. The number of benzene rings is 1. The summed E-state index contributed by atoms with van der Waals surface area (Å²) in [5.74, 6) is 0. The van der Waals surface area contributed by atoms with Gasteiger partial charge in [-0.2, -0.15) is 10.4 Å². The lowest BCUT2D eigenvalue weighted by atomic mass is 10.1. The van der Waals surface area contributed by atoms with E-state index >= 15 is 0 Å². The van der Waals surface area contributed by atoms with Crippen molar-refractivity contribution in [1.29, 1.82) is 5.26 Å². The molecule has 0 fully saturated rings. The van der Waals surface area contributed by atoms with Gasteiger partial charge < -0.3 is 5.32 Å². The van der Waals surface area contributed by atoms with Crippen LogP contribution < -0.4 is 5.32 Å². The number of aryl methyl sites for hydroxylation is 2. The Balaban J connectivity index is 2.31. The molecule has 1 N–H and O–H groups in total. The number of para-hydroxylation sites is 1. The fourth-order valence-corrected chi connectivity index (χ4v) is 2.66. The van der Waals surface area contributed by atoms with E-state index in [4.69, 9.17) is 5.26 Å². The van der Waals surface area contributed by atoms with E-state index < -0.39 is 0 Å². The van der Waals surface area contributed by atoms with Crippen molar-refractivity contribution < 1.29 is 0 Å². The molecule has 4 heteroatoms. The van der Waals surface area contributed by atoms with Crippen molar-refractivity contribution in [2.45, 2.75) is 40.3 Å². The summed E-state index contributed by atoms with van der Waals surface area (Å²) in [4.78, 5) is 0. The van der Waals surface area contributed by atoms with E-state index in [1.165, 1.54) is 11.3 Å². The smallest absolute Gasteiger partial charge is 0.101 e. The molecule has 4 nitrogen and oxygen atoms in total. The summed E-state index contributed by atoms with van der Waals surface area (Å²) < 4.78 is 2.01. The van der Waals surface area contributed by atoms with E-state index in [0.29, 0.717) is 5.56 Å². The van der Waals surface area contributed by atoms with Crippen LogP contribution in [0.2, 0.25) is 0 Å². The molecule has 104 valence electrons. The van der Waals surface area contributed by atoms with Crippen LogP contribution >= 0.6 is 0 Å². The Kier molecular flexibility index (Phi) is 4.09. The molecule has 0 spiro atoms. The number of nitrogens with zero attached hydrogens (tertiary/aromatic N) is 3. The molecule has 20 heavy (non-hydrogen) atoms. The van der Waals surface area contributed by atoms with Crippen LogP contribution in [0.15, 0.2) is 24.3 Å². The van der Waals surface area contributed by atoms with Gasteiger partial charge in [0.1, 0.15) is 6.07 Å². The Morgan fingerprint density at radius 3 is 2.65 bits per heavy atom. The second-order valence-electron chi connectivity index (χ2n) is 4.92.